The van der Waals surface area contributed by atoms with E-state index >= 15 is 0 Å². The summed E-state index contributed by atoms with van der Waals surface area (Å²) in [5.74, 6) is -1.56. The van der Waals surface area contributed by atoms with Crippen molar-refractivity contribution in [1.29, 1.82) is 0 Å². The van der Waals surface area contributed by atoms with Crippen LogP contribution in [-0.2, 0) is 4.79 Å². The number of carbonyl (C=O) groups excluding carboxylic acids is 2. The second kappa shape index (κ2) is 3.97. The Morgan fingerprint density at radius 3 is 2.67 bits per heavy atom. The first kappa shape index (κ1) is 8.87. The van der Waals surface area contributed by atoms with Crippen LogP contribution in [0.5, 0.6) is 0 Å². The van der Waals surface area contributed by atoms with Gasteiger partial charge >= 0.3 is 0 Å². The van der Waals surface area contributed by atoms with Crippen LogP contribution in [0.15, 0.2) is 24.4 Å². The van der Waals surface area contributed by atoms with Gasteiger partial charge in [-0.25, -0.2) is 0 Å². The van der Waals surface area contributed by atoms with Gasteiger partial charge in [0.05, 0.1) is 5.88 Å². The zero-order valence-corrected chi connectivity index (χ0v) is 6.91. The SMILES string of the molecule is O=C(CCl)C(=O)c1ccccn1. The summed E-state index contributed by atoms with van der Waals surface area (Å²) >= 11 is 5.20. The Morgan fingerprint density at radius 1 is 1.42 bits per heavy atom. The van der Waals surface area contributed by atoms with Crippen molar-refractivity contribution in [1.82, 2.24) is 4.98 Å². The molecule has 0 aliphatic rings. The van der Waals surface area contributed by atoms with Crippen LogP contribution in [-0.4, -0.2) is 22.4 Å². The molecule has 0 bridgehead atoms. The van der Waals surface area contributed by atoms with Gasteiger partial charge in [-0.2, -0.15) is 0 Å². The van der Waals surface area contributed by atoms with Crippen molar-refractivity contribution in [2.75, 3.05) is 5.88 Å². The van der Waals surface area contributed by atoms with Crippen molar-refractivity contribution in [3.63, 3.8) is 0 Å². The van der Waals surface area contributed by atoms with Crippen molar-refractivity contribution in [3.05, 3.63) is 30.1 Å². The molecule has 0 N–H and O–H groups in total. The van der Waals surface area contributed by atoms with Gasteiger partial charge < -0.3 is 0 Å². The molecule has 1 rings (SSSR count). The lowest BCUT2D eigenvalue weighted by Gasteiger charge is -1.93. The number of nitrogens with zero attached hydrogens (tertiary/aromatic N) is 1. The Morgan fingerprint density at radius 2 is 2.17 bits per heavy atom. The second-order valence-corrected chi connectivity index (χ2v) is 2.37. The van der Waals surface area contributed by atoms with Gasteiger partial charge in [-0.05, 0) is 12.1 Å². The van der Waals surface area contributed by atoms with Gasteiger partial charge in [0.2, 0.25) is 11.6 Å². The standard InChI is InChI=1S/C8H6ClNO2/c9-5-7(11)8(12)6-3-1-2-4-10-6/h1-4H,5H2. The Hall–Kier alpha value is -1.22. The molecule has 0 aliphatic carbocycles. The molecule has 62 valence electrons. The van der Waals surface area contributed by atoms with Crippen LogP contribution >= 0.6 is 11.6 Å². The highest BCUT2D eigenvalue weighted by molar-refractivity contribution is 6.51. The summed E-state index contributed by atoms with van der Waals surface area (Å²) in [5, 5.41) is 0. The first-order chi connectivity index (χ1) is 5.75. The molecule has 0 amide bonds. The van der Waals surface area contributed by atoms with Gasteiger partial charge in [0, 0.05) is 6.20 Å². The van der Waals surface area contributed by atoms with Gasteiger partial charge in [-0.3, -0.25) is 14.6 Å². The predicted molar refractivity (Wildman–Crippen MR) is 44.3 cm³/mol. The first-order valence-corrected chi connectivity index (χ1v) is 3.83. The molecule has 12 heavy (non-hydrogen) atoms. The Balaban J connectivity index is 2.86. The third-order valence-electron chi connectivity index (χ3n) is 1.27. The molecule has 3 nitrogen and oxygen atoms in total. The van der Waals surface area contributed by atoms with E-state index in [4.69, 9.17) is 11.6 Å². The molecule has 0 saturated heterocycles. The average Bonchev–Trinajstić information content (AvgIpc) is 2.17. The number of carbonyl (C=O) groups is 2. The quantitative estimate of drug-likeness (QED) is 0.400. The highest BCUT2D eigenvalue weighted by Gasteiger charge is 2.14. The number of hydrogen-bond acceptors (Lipinski definition) is 3. The van der Waals surface area contributed by atoms with Crippen molar-refractivity contribution < 1.29 is 9.59 Å². The van der Waals surface area contributed by atoms with Crippen LogP contribution in [0.1, 0.15) is 10.5 Å². The maximum atomic E-state index is 11.1. The molecule has 1 heterocycles. The van der Waals surface area contributed by atoms with E-state index in [1.54, 1.807) is 12.1 Å². The largest absolute Gasteiger partial charge is 0.289 e. The maximum absolute atomic E-state index is 11.1. The van der Waals surface area contributed by atoms with Gasteiger partial charge in [-0.15, -0.1) is 11.6 Å². The van der Waals surface area contributed by atoms with E-state index in [0.717, 1.165) is 0 Å². The summed E-state index contributed by atoms with van der Waals surface area (Å²) in [4.78, 5) is 25.6. The number of hydrogen-bond donors (Lipinski definition) is 0. The summed E-state index contributed by atoms with van der Waals surface area (Å²) in [6, 6.07) is 4.79. The fraction of sp³-hybridized carbons (Fsp3) is 0.125. The minimum absolute atomic E-state index is 0.142. The Kier molecular flexibility index (Phi) is 2.94. The molecule has 0 aliphatic heterocycles. The third-order valence-corrected chi connectivity index (χ3v) is 1.51. The molecular formula is C8H6ClNO2. The van der Waals surface area contributed by atoms with E-state index in [-0.39, 0.29) is 11.6 Å². The van der Waals surface area contributed by atoms with Crippen LogP contribution in [0.4, 0.5) is 0 Å². The zero-order chi connectivity index (χ0) is 8.97. The van der Waals surface area contributed by atoms with Gasteiger partial charge in [0.25, 0.3) is 0 Å². The molecule has 0 radical (unpaired) electrons. The lowest BCUT2D eigenvalue weighted by molar-refractivity contribution is -0.112. The number of aromatic nitrogens is 1. The van der Waals surface area contributed by atoms with E-state index in [2.05, 4.69) is 4.98 Å². The van der Waals surface area contributed by atoms with E-state index in [9.17, 15) is 9.59 Å². The van der Waals surface area contributed by atoms with E-state index in [1.165, 1.54) is 12.3 Å². The minimum Gasteiger partial charge on any atom is -0.289 e. The Labute approximate surface area is 74.4 Å². The number of alkyl halides is 1. The molecule has 0 atom stereocenters. The molecule has 0 fully saturated rings. The number of Topliss-reactive ketones (excluding diaryl/α,β-unsaturated/α-hetero) is 2. The van der Waals surface area contributed by atoms with E-state index in [0.29, 0.717) is 0 Å². The predicted octanol–water partition coefficient (Wildman–Crippen LogP) is 1.07. The normalized spacial score (nSPS) is 9.42. The van der Waals surface area contributed by atoms with Crippen molar-refractivity contribution in [2.45, 2.75) is 0 Å². The van der Waals surface area contributed by atoms with E-state index in [1.807, 2.05) is 0 Å². The van der Waals surface area contributed by atoms with Crippen LogP contribution in [0.3, 0.4) is 0 Å². The van der Waals surface area contributed by atoms with E-state index < -0.39 is 11.6 Å². The topological polar surface area (TPSA) is 47.0 Å². The summed E-state index contributed by atoms with van der Waals surface area (Å²) in [5.41, 5.74) is 0.142. The second-order valence-electron chi connectivity index (χ2n) is 2.10. The molecule has 0 aromatic carbocycles. The highest BCUT2D eigenvalue weighted by Crippen LogP contribution is 1.96. The van der Waals surface area contributed by atoms with Gasteiger partial charge in [0.1, 0.15) is 5.69 Å². The highest BCUT2D eigenvalue weighted by atomic mass is 35.5. The number of ketones is 2. The molecule has 1 aromatic heterocycles. The number of pyridine rings is 1. The number of halogens is 1. The lowest BCUT2D eigenvalue weighted by atomic mass is 10.2. The molecular weight excluding hydrogens is 178 g/mol. The smallest absolute Gasteiger partial charge is 0.248 e. The lowest BCUT2D eigenvalue weighted by Crippen LogP contribution is -2.16. The first-order valence-electron chi connectivity index (χ1n) is 3.30. The summed E-state index contributed by atoms with van der Waals surface area (Å²) < 4.78 is 0. The monoisotopic (exact) mass is 183 g/mol. The van der Waals surface area contributed by atoms with Crippen LogP contribution < -0.4 is 0 Å². The van der Waals surface area contributed by atoms with Crippen molar-refractivity contribution in [3.8, 4) is 0 Å². The third kappa shape index (κ3) is 1.89. The fourth-order valence-corrected chi connectivity index (χ4v) is 0.822. The molecule has 0 unspecified atom stereocenters. The molecule has 0 spiro atoms. The molecule has 0 saturated carbocycles. The average molecular weight is 184 g/mol. The Bertz CT molecular complexity index is 297. The van der Waals surface area contributed by atoms with Crippen LogP contribution in [0.25, 0.3) is 0 Å². The van der Waals surface area contributed by atoms with Crippen LogP contribution in [0, 0.1) is 0 Å². The van der Waals surface area contributed by atoms with Crippen LogP contribution in [0.2, 0.25) is 0 Å². The molecule has 1 aromatic rings. The van der Waals surface area contributed by atoms with Crippen molar-refractivity contribution in [2.24, 2.45) is 0 Å². The zero-order valence-electron chi connectivity index (χ0n) is 6.16. The minimum atomic E-state index is -0.634. The fourth-order valence-electron chi connectivity index (χ4n) is 0.701. The summed E-state index contributed by atoms with van der Waals surface area (Å²) in [6.07, 6.45) is 1.45. The van der Waals surface area contributed by atoms with Crippen molar-refractivity contribution >= 4 is 23.2 Å². The number of rotatable bonds is 3. The summed E-state index contributed by atoms with van der Waals surface area (Å²) in [6.45, 7) is 0. The van der Waals surface area contributed by atoms with Gasteiger partial charge in [0.15, 0.2) is 0 Å². The molecule has 4 heteroatoms. The summed E-state index contributed by atoms with van der Waals surface area (Å²) in [7, 11) is 0. The maximum Gasteiger partial charge on any atom is 0.248 e. The van der Waals surface area contributed by atoms with Gasteiger partial charge in [-0.1, -0.05) is 6.07 Å².